The first kappa shape index (κ1) is 18.9. The zero-order chi connectivity index (χ0) is 16.8. The van der Waals surface area contributed by atoms with Gasteiger partial charge in [0.1, 0.15) is 6.54 Å². The number of carboxylic acids is 1. The number of esters is 1. The minimum Gasteiger partial charge on any atom is -0.480 e. The fraction of sp³-hybridized carbons (Fsp3) is 0.846. The lowest BCUT2D eigenvalue weighted by molar-refractivity contribution is -0.149. The molecular weight excluding hydrogens is 312 g/mol. The number of hydrogen-bond acceptors (Lipinski definition) is 5. The molecule has 9 heteroatoms. The second-order valence-corrected chi connectivity index (χ2v) is 7.09. The summed E-state index contributed by atoms with van der Waals surface area (Å²) >= 11 is 0. The highest BCUT2D eigenvalue weighted by atomic mass is 32.2. The molecule has 0 amide bonds. The third-order valence-electron chi connectivity index (χ3n) is 3.51. The third-order valence-corrected chi connectivity index (χ3v) is 5.49. The molecule has 1 aliphatic heterocycles. The van der Waals surface area contributed by atoms with Gasteiger partial charge in [-0.25, -0.2) is 0 Å². The number of carboxylic acid groups (broad SMARTS) is 1. The lowest BCUT2D eigenvalue weighted by Gasteiger charge is -2.33. The molecule has 1 fully saturated rings. The van der Waals surface area contributed by atoms with E-state index in [0.29, 0.717) is 25.9 Å². The van der Waals surface area contributed by atoms with Gasteiger partial charge in [0.2, 0.25) is 0 Å². The zero-order valence-corrected chi connectivity index (χ0v) is 13.8. The Bertz CT molecular complexity index is 485. The topological polar surface area (TPSA) is 104 Å². The Hall–Kier alpha value is -1.19. The van der Waals surface area contributed by atoms with Gasteiger partial charge in [0.05, 0.1) is 12.5 Å². The van der Waals surface area contributed by atoms with Crippen molar-refractivity contribution >= 4 is 22.1 Å². The summed E-state index contributed by atoms with van der Waals surface area (Å²) in [7, 11) is -3.81. The lowest BCUT2D eigenvalue weighted by Crippen LogP contribution is -2.49. The molecule has 1 rings (SSSR count). The van der Waals surface area contributed by atoms with Gasteiger partial charge in [-0.15, -0.1) is 0 Å². The van der Waals surface area contributed by atoms with E-state index in [-0.39, 0.29) is 31.5 Å². The molecule has 0 saturated carbocycles. The van der Waals surface area contributed by atoms with E-state index in [9.17, 15) is 18.0 Å². The molecule has 0 aromatic rings. The molecule has 0 spiro atoms. The van der Waals surface area contributed by atoms with Crippen LogP contribution in [0.25, 0.3) is 0 Å². The first-order valence-corrected chi connectivity index (χ1v) is 8.86. The normalized spacial score (nSPS) is 17.6. The molecule has 1 N–H and O–H groups in total. The zero-order valence-electron chi connectivity index (χ0n) is 13.0. The summed E-state index contributed by atoms with van der Waals surface area (Å²) in [5, 5.41) is 8.86. The average Bonchev–Trinajstić information content (AvgIpc) is 2.46. The maximum atomic E-state index is 12.5. The van der Waals surface area contributed by atoms with Gasteiger partial charge in [-0.05, 0) is 26.2 Å². The Balaban J connectivity index is 2.70. The number of nitrogens with zero attached hydrogens (tertiary/aromatic N) is 2. The van der Waals surface area contributed by atoms with Crippen LogP contribution in [0, 0.1) is 5.92 Å². The largest absolute Gasteiger partial charge is 0.480 e. The van der Waals surface area contributed by atoms with E-state index < -0.39 is 22.7 Å². The fourth-order valence-electron chi connectivity index (χ4n) is 2.42. The quantitative estimate of drug-likeness (QED) is 0.639. The minimum absolute atomic E-state index is 0.159. The summed E-state index contributed by atoms with van der Waals surface area (Å²) in [5.41, 5.74) is 0. The predicted molar refractivity (Wildman–Crippen MR) is 79.3 cm³/mol. The summed E-state index contributed by atoms with van der Waals surface area (Å²) in [6.07, 6.45) is 1.32. The van der Waals surface area contributed by atoms with Crippen LogP contribution >= 0.6 is 0 Å². The maximum Gasteiger partial charge on any atom is 0.318 e. The molecule has 22 heavy (non-hydrogen) atoms. The van der Waals surface area contributed by atoms with Crippen molar-refractivity contribution in [1.29, 1.82) is 0 Å². The van der Waals surface area contributed by atoms with Crippen LogP contribution in [0.15, 0.2) is 0 Å². The summed E-state index contributed by atoms with van der Waals surface area (Å²) in [4.78, 5) is 22.5. The number of rotatable bonds is 8. The van der Waals surface area contributed by atoms with Gasteiger partial charge in [-0.1, -0.05) is 6.92 Å². The van der Waals surface area contributed by atoms with Crippen LogP contribution in [0.5, 0.6) is 0 Å². The molecule has 1 aliphatic rings. The maximum absolute atomic E-state index is 12.5. The van der Waals surface area contributed by atoms with Gasteiger partial charge in [0.15, 0.2) is 0 Å². The van der Waals surface area contributed by atoms with Crippen LogP contribution in [-0.4, -0.2) is 66.9 Å². The Kier molecular flexibility index (Phi) is 7.24. The monoisotopic (exact) mass is 336 g/mol. The van der Waals surface area contributed by atoms with Crippen molar-refractivity contribution in [1.82, 2.24) is 8.61 Å². The van der Waals surface area contributed by atoms with E-state index >= 15 is 0 Å². The van der Waals surface area contributed by atoms with Crippen LogP contribution in [0.3, 0.4) is 0 Å². The SMILES string of the molecule is CCCN(CC(=O)O)S(=O)(=O)N1CCC(C(=O)OCC)CC1. The van der Waals surface area contributed by atoms with Crippen molar-refractivity contribution in [2.75, 3.05) is 32.8 Å². The molecule has 1 saturated heterocycles. The highest BCUT2D eigenvalue weighted by Crippen LogP contribution is 2.22. The number of piperidine rings is 1. The van der Waals surface area contributed by atoms with Crippen LogP contribution in [0.1, 0.15) is 33.1 Å². The number of ether oxygens (including phenoxy) is 1. The predicted octanol–water partition coefficient (Wildman–Crippen LogP) is 0.303. The lowest BCUT2D eigenvalue weighted by atomic mass is 9.98. The molecule has 0 bridgehead atoms. The summed E-state index contributed by atoms with van der Waals surface area (Å²) < 4.78 is 32.1. The summed E-state index contributed by atoms with van der Waals surface area (Å²) in [6.45, 7) is 3.83. The minimum atomic E-state index is -3.81. The molecule has 0 atom stereocenters. The van der Waals surface area contributed by atoms with Crippen molar-refractivity contribution in [3.8, 4) is 0 Å². The van der Waals surface area contributed by atoms with Gasteiger partial charge >= 0.3 is 11.9 Å². The van der Waals surface area contributed by atoms with Gasteiger partial charge in [-0.2, -0.15) is 17.0 Å². The molecule has 0 aromatic carbocycles. The van der Waals surface area contributed by atoms with Crippen molar-refractivity contribution in [3.05, 3.63) is 0 Å². The summed E-state index contributed by atoms with van der Waals surface area (Å²) in [6, 6.07) is 0. The van der Waals surface area contributed by atoms with Gasteiger partial charge in [-0.3, -0.25) is 9.59 Å². The van der Waals surface area contributed by atoms with E-state index in [4.69, 9.17) is 9.84 Å². The smallest absolute Gasteiger partial charge is 0.318 e. The Labute approximate surface area is 131 Å². The van der Waals surface area contributed by atoms with Crippen molar-refractivity contribution in [2.45, 2.75) is 33.1 Å². The van der Waals surface area contributed by atoms with E-state index in [1.165, 1.54) is 4.31 Å². The van der Waals surface area contributed by atoms with Crippen LogP contribution in [0.2, 0.25) is 0 Å². The molecule has 8 nitrogen and oxygen atoms in total. The number of carbonyl (C=O) groups excluding carboxylic acids is 1. The molecule has 128 valence electrons. The van der Waals surface area contributed by atoms with Crippen molar-refractivity contribution in [3.63, 3.8) is 0 Å². The third kappa shape index (κ3) is 4.92. The Morgan fingerprint density at radius 1 is 1.27 bits per heavy atom. The molecule has 0 unspecified atom stereocenters. The van der Waals surface area contributed by atoms with Crippen molar-refractivity contribution in [2.24, 2.45) is 5.92 Å². The molecule has 0 aliphatic carbocycles. The van der Waals surface area contributed by atoms with Crippen LogP contribution < -0.4 is 0 Å². The number of hydrogen-bond donors (Lipinski definition) is 1. The van der Waals surface area contributed by atoms with Crippen LogP contribution in [-0.2, 0) is 24.5 Å². The van der Waals surface area contributed by atoms with E-state index in [0.717, 1.165) is 4.31 Å². The second-order valence-electron chi connectivity index (χ2n) is 5.16. The second kappa shape index (κ2) is 8.44. The van der Waals surface area contributed by atoms with Crippen LogP contribution in [0.4, 0.5) is 0 Å². The molecule has 1 heterocycles. The molecule has 0 radical (unpaired) electrons. The van der Waals surface area contributed by atoms with E-state index in [2.05, 4.69) is 0 Å². The number of aliphatic carboxylic acids is 1. The highest BCUT2D eigenvalue weighted by Gasteiger charge is 2.35. The first-order chi connectivity index (χ1) is 10.3. The summed E-state index contributed by atoms with van der Waals surface area (Å²) in [5.74, 6) is -1.76. The van der Waals surface area contributed by atoms with Gasteiger partial charge in [0, 0.05) is 19.6 Å². The Morgan fingerprint density at radius 3 is 2.32 bits per heavy atom. The van der Waals surface area contributed by atoms with E-state index in [1.807, 2.05) is 0 Å². The highest BCUT2D eigenvalue weighted by molar-refractivity contribution is 7.86. The van der Waals surface area contributed by atoms with Crippen molar-refractivity contribution < 1.29 is 27.9 Å². The average molecular weight is 336 g/mol. The first-order valence-electron chi connectivity index (χ1n) is 7.46. The standard InChI is InChI=1S/C13H24N2O6S/c1-3-7-15(10-12(16)17)22(19,20)14-8-5-11(6-9-14)13(18)21-4-2/h11H,3-10H2,1-2H3,(H,16,17). The number of carbonyl (C=O) groups is 2. The van der Waals surface area contributed by atoms with Gasteiger partial charge in [0.25, 0.3) is 10.2 Å². The van der Waals surface area contributed by atoms with Gasteiger partial charge < -0.3 is 9.84 Å². The molecular formula is C13H24N2O6S. The van der Waals surface area contributed by atoms with E-state index in [1.54, 1.807) is 13.8 Å². The Morgan fingerprint density at radius 2 is 1.86 bits per heavy atom. The molecule has 0 aromatic heterocycles. The fourth-order valence-corrected chi connectivity index (χ4v) is 4.11.